The van der Waals surface area contributed by atoms with Crippen LogP contribution in [0.5, 0.6) is 0 Å². The number of allylic oxidation sites excluding steroid dienone is 16. The van der Waals surface area contributed by atoms with Crippen molar-refractivity contribution in [1.29, 1.82) is 0 Å². The highest BCUT2D eigenvalue weighted by molar-refractivity contribution is 5.71. The van der Waals surface area contributed by atoms with E-state index in [9.17, 15) is 14.4 Å². The van der Waals surface area contributed by atoms with E-state index in [1.165, 1.54) is 186 Å². The Morgan fingerprint density at radius 2 is 0.487 bits per heavy atom. The maximum atomic E-state index is 12.9. The van der Waals surface area contributed by atoms with Crippen LogP contribution in [0.25, 0.3) is 0 Å². The van der Waals surface area contributed by atoms with E-state index < -0.39 is 6.10 Å². The molecule has 0 aromatic rings. The molecule has 0 aromatic carbocycles. The minimum absolute atomic E-state index is 0.0771. The van der Waals surface area contributed by atoms with Gasteiger partial charge in [0.1, 0.15) is 13.2 Å². The fourth-order valence-electron chi connectivity index (χ4n) is 9.71. The number of hydrogen-bond donors (Lipinski definition) is 0. The van der Waals surface area contributed by atoms with Crippen molar-refractivity contribution in [3.63, 3.8) is 0 Å². The minimum atomic E-state index is -0.780. The van der Waals surface area contributed by atoms with Gasteiger partial charge in [0.05, 0.1) is 0 Å². The maximum absolute atomic E-state index is 12.9. The molecule has 0 saturated heterocycles. The van der Waals surface area contributed by atoms with Crippen molar-refractivity contribution in [2.75, 3.05) is 13.2 Å². The average Bonchev–Trinajstić information content (AvgIpc) is 3.46. The topological polar surface area (TPSA) is 78.9 Å². The van der Waals surface area contributed by atoms with E-state index in [2.05, 4.69) is 118 Å². The first-order valence-electron chi connectivity index (χ1n) is 34.2. The second-order valence-electron chi connectivity index (χ2n) is 22.7. The largest absolute Gasteiger partial charge is 0.462 e. The molecule has 0 rings (SSSR count). The van der Waals surface area contributed by atoms with Crippen LogP contribution in [0, 0.1) is 0 Å². The molecule has 6 nitrogen and oxygen atoms in total. The van der Waals surface area contributed by atoms with E-state index in [0.29, 0.717) is 19.3 Å². The van der Waals surface area contributed by atoms with Gasteiger partial charge in [-0.3, -0.25) is 14.4 Å². The van der Waals surface area contributed by atoms with Crippen LogP contribution in [0.3, 0.4) is 0 Å². The van der Waals surface area contributed by atoms with E-state index in [-0.39, 0.29) is 31.1 Å². The lowest BCUT2D eigenvalue weighted by Gasteiger charge is -2.18. The van der Waals surface area contributed by atoms with Gasteiger partial charge in [-0.1, -0.05) is 311 Å². The molecule has 0 bridgehead atoms. The number of unbranched alkanes of at least 4 members (excludes halogenated alkanes) is 35. The second kappa shape index (κ2) is 67.8. The van der Waals surface area contributed by atoms with Crippen LogP contribution in [-0.4, -0.2) is 37.2 Å². The van der Waals surface area contributed by atoms with Crippen LogP contribution in [-0.2, 0) is 28.6 Å². The lowest BCUT2D eigenvalue weighted by Crippen LogP contribution is -2.30. The Morgan fingerprint density at radius 3 is 0.762 bits per heavy atom. The van der Waals surface area contributed by atoms with Crippen LogP contribution in [0.15, 0.2) is 97.2 Å². The van der Waals surface area contributed by atoms with Crippen molar-refractivity contribution < 1.29 is 28.6 Å². The highest BCUT2D eigenvalue weighted by Crippen LogP contribution is 2.17. The predicted octanol–water partition coefficient (Wildman–Crippen LogP) is 23.6. The van der Waals surface area contributed by atoms with Crippen LogP contribution in [0.4, 0.5) is 0 Å². The van der Waals surface area contributed by atoms with Gasteiger partial charge in [-0.2, -0.15) is 0 Å². The zero-order valence-corrected chi connectivity index (χ0v) is 52.8. The summed E-state index contributed by atoms with van der Waals surface area (Å²) in [5, 5.41) is 0. The van der Waals surface area contributed by atoms with Crippen molar-refractivity contribution in [2.24, 2.45) is 0 Å². The first-order valence-corrected chi connectivity index (χ1v) is 34.2. The summed E-state index contributed by atoms with van der Waals surface area (Å²) in [6.07, 6.45) is 91.6. The summed E-state index contributed by atoms with van der Waals surface area (Å²) in [5.74, 6) is -0.878. The summed E-state index contributed by atoms with van der Waals surface area (Å²) >= 11 is 0. The van der Waals surface area contributed by atoms with E-state index >= 15 is 0 Å². The fourth-order valence-corrected chi connectivity index (χ4v) is 9.71. The quantitative estimate of drug-likeness (QED) is 0.0261. The molecule has 0 aromatic heterocycles. The van der Waals surface area contributed by atoms with Crippen molar-refractivity contribution in [2.45, 2.75) is 341 Å². The molecule has 0 heterocycles. The third kappa shape index (κ3) is 65.1. The van der Waals surface area contributed by atoms with Crippen LogP contribution in [0.1, 0.15) is 335 Å². The van der Waals surface area contributed by atoms with Gasteiger partial charge in [-0.05, 0) is 103 Å². The lowest BCUT2D eigenvalue weighted by atomic mass is 10.0. The number of esters is 3. The first kappa shape index (κ1) is 76.3. The summed E-state index contributed by atoms with van der Waals surface area (Å²) in [5.41, 5.74) is 0. The van der Waals surface area contributed by atoms with E-state index in [1.54, 1.807) is 0 Å². The zero-order chi connectivity index (χ0) is 57.8. The fraction of sp³-hybridized carbons (Fsp3) is 0.743. The molecule has 460 valence electrons. The first-order chi connectivity index (χ1) is 39.5. The second-order valence-corrected chi connectivity index (χ2v) is 22.7. The molecule has 0 spiro atoms. The van der Waals surface area contributed by atoms with Gasteiger partial charge >= 0.3 is 17.9 Å². The molecule has 0 fully saturated rings. The van der Waals surface area contributed by atoms with Gasteiger partial charge in [0.2, 0.25) is 0 Å². The summed E-state index contributed by atoms with van der Waals surface area (Å²) in [6.45, 7) is 6.51. The lowest BCUT2D eigenvalue weighted by molar-refractivity contribution is -0.167. The Labute approximate surface area is 496 Å². The highest BCUT2D eigenvalue weighted by Gasteiger charge is 2.19. The molecule has 0 aliphatic heterocycles. The number of ether oxygens (including phenoxy) is 3. The van der Waals surface area contributed by atoms with Gasteiger partial charge in [-0.15, -0.1) is 0 Å². The van der Waals surface area contributed by atoms with Crippen molar-refractivity contribution >= 4 is 17.9 Å². The van der Waals surface area contributed by atoms with Crippen LogP contribution in [0.2, 0.25) is 0 Å². The number of hydrogen-bond acceptors (Lipinski definition) is 6. The summed E-state index contributed by atoms with van der Waals surface area (Å²) < 4.78 is 16.9. The average molecular weight is 1110 g/mol. The molecule has 6 heteroatoms. The number of carbonyl (C=O) groups excluding carboxylic acids is 3. The molecule has 80 heavy (non-hydrogen) atoms. The van der Waals surface area contributed by atoms with Gasteiger partial charge in [-0.25, -0.2) is 0 Å². The number of rotatable bonds is 62. The van der Waals surface area contributed by atoms with Gasteiger partial charge in [0, 0.05) is 19.3 Å². The Morgan fingerprint density at radius 1 is 0.263 bits per heavy atom. The molecule has 1 unspecified atom stereocenters. The third-order valence-corrected chi connectivity index (χ3v) is 14.8. The van der Waals surface area contributed by atoms with Crippen molar-refractivity contribution in [3.05, 3.63) is 97.2 Å². The van der Waals surface area contributed by atoms with Crippen molar-refractivity contribution in [3.8, 4) is 0 Å². The normalized spacial score (nSPS) is 12.7. The Bertz CT molecular complexity index is 1560. The van der Waals surface area contributed by atoms with Crippen LogP contribution < -0.4 is 0 Å². The van der Waals surface area contributed by atoms with E-state index in [4.69, 9.17) is 14.2 Å². The van der Waals surface area contributed by atoms with Gasteiger partial charge in [0.15, 0.2) is 6.10 Å². The molecule has 0 radical (unpaired) electrons. The third-order valence-electron chi connectivity index (χ3n) is 14.8. The Kier molecular flexibility index (Phi) is 64.7. The number of carbonyl (C=O) groups is 3. The molecule has 0 amide bonds. The van der Waals surface area contributed by atoms with Crippen molar-refractivity contribution in [1.82, 2.24) is 0 Å². The van der Waals surface area contributed by atoms with E-state index in [1.807, 2.05) is 0 Å². The predicted molar refractivity (Wildman–Crippen MR) is 348 cm³/mol. The van der Waals surface area contributed by atoms with E-state index in [0.717, 1.165) is 109 Å². The minimum Gasteiger partial charge on any atom is -0.462 e. The summed E-state index contributed by atoms with van der Waals surface area (Å²) in [4.78, 5) is 38.2. The van der Waals surface area contributed by atoms with Gasteiger partial charge < -0.3 is 14.2 Å². The molecular formula is C74H128O6. The highest BCUT2D eigenvalue weighted by atomic mass is 16.6. The maximum Gasteiger partial charge on any atom is 0.306 e. The molecular weight excluding hydrogens is 985 g/mol. The summed E-state index contributed by atoms with van der Waals surface area (Å²) in [7, 11) is 0. The zero-order valence-electron chi connectivity index (χ0n) is 52.8. The molecule has 0 aliphatic rings. The Balaban J connectivity index is 4.16. The monoisotopic (exact) mass is 1110 g/mol. The summed E-state index contributed by atoms with van der Waals surface area (Å²) in [6, 6.07) is 0. The van der Waals surface area contributed by atoms with Gasteiger partial charge in [0.25, 0.3) is 0 Å². The van der Waals surface area contributed by atoms with Crippen LogP contribution >= 0.6 is 0 Å². The SMILES string of the molecule is CC/C=C\C/C=C\C/C=C\C/C=C\C/C=C\C/C=C\CCCCCCCCCCC(=O)OCC(COC(=O)CCCCCCCCCC)OC(=O)CCCCCCCCCCCCCCCCC/C=C\C/C=C\CCCCCCC. The standard InChI is InChI=1S/C74H128O6/c1-4-7-10-13-16-19-21-23-25-27-29-31-33-35-37-39-41-43-45-47-49-51-53-55-58-61-64-67-73(76)79-70-71(69-78-72(75)66-63-60-57-18-15-12-9-6-3)80-74(77)68-65-62-59-56-54-52-50-48-46-44-42-40-38-36-34-32-30-28-26-24-22-20-17-14-11-8-5-2/h7,10,16,19,22-25,28-31,35,37,41,43,71H,4-6,8-9,11-15,17-18,20-21,26-27,32-34,36,38-40,42,44-70H2,1-3H3/b10-7-,19-16-,24-22-,25-23-,30-28-,31-29-,37-35-,43-41-. The molecule has 1 atom stereocenters. The molecule has 0 saturated carbocycles. The molecule has 0 aliphatic carbocycles. The Hall–Kier alpha value is -3.67. The smallest absolute Gasteiger partial charge is 0.306 e. The molecule has 0 N–H and O–H groups in total.